The minimum Gasteiger partial charge on any atom is -0.264 e. The number of hydrogen-bond donors (Lipinski definition) is 0. The molecule has 5 nitrogen and oxygen atoms in total. The van der Waals surface area contributed by atoms with Crippen molar-refractivity contribution in [3.63, 3.8) is 0 Å². The largest absolute Gasteiger partial charge is 0.276 e. The highest BCUT2D eigenvalue weighted by atomic mass is 15.3. The Morgan fingerprint density at radius 2 is 1.88 bits per heavy atom. The van der Waals surface area contributed by atoms with Gasteiger partial charge >= 0.3 is 0 Å². The Morgan fingerprint density at radius 3 is 2.77 bits per heavy atom. The molecule has 0 amide bonds. The second-order valence-corrected chi connectivity index (χ2v) is 6.72. The molecule has 0 saturated carbocycles. The van der Waals surface area contributed by atoms with Crippen LogP contribution in [0.1, 0.15) is 5.56 Å². The summed E-state index contributed by atoms with van der Waals surface area (Å²) in [6.45, 7) is 0.855. The van der Waals surface area contributed by atoms with Gasteiger partial charge < -0.3 is 0 Å². The molecule has 0 unspecified atom stereocenters. The minimum atomic E-state index is 0.855. The molecule has 0 N–H and O–H groups in total. The maximum Gasteiger partial charge on any atom is 0.276 e. The summed E-state index contributed by atoms with van der Waals surface area (Å²) >= 11 is 0. The van der Waals surface area contributed by atoms with Gasteiger partial charge in [-0.1, -0.05) is 18.2 Å². The third kappa shape index (κ3) is 1.57. The van der Waals surface area contributed by atoms with E-state index in [9.17, 15) is 0 Å². The lowest BCUT2D eigenvalue weighted by Gasteiger charge is -2.02. The van der Waals surface area contributed by atoms with Crippen LogP contribution in [0.2, 0.25) is 0 Å². The first kappa shape index (κ1) is 13.8. The van der Waals surface area contributed by atoms with Crippen LogP contribution in [0.15, 0.2) is 67.1 Å². The number of imidazole rings is 1. The molecule has 5 heterocycles. The fourth-order valence-corrected chi connectivity index (χ4v) is 4.28. The molecule has 1 aliphatic heterocycles. The van der Waals surface area contributed by atoms with E-state index in [4.69, 9.17) is 4.98 Å². The Kier molecular flexibility index (Phi) is 2.54. The zero-order valence-electron chi connectivity index (χ0n) is 14.3. The molecule has 124 valence electrons. The third-order valence-corrected chi connectivity index (χ3v) is 5.33. The van der Waals surface area contributed by atoms with E-state index in [0.717, 1.165) is 28.8 Å². The number of rotatable bonds is 1. The summed E-state index contributed by atoms with van der Waals surface area (Å²) in [5.74, 6) is 1.19. The van der Waals surface area contributed by atoms with Crippen LogP contribution in [0.25, 0.3) is 39.3 Å². The van der Waals surface area contributed by atoms with Gasteiger partial charge in [0.05, 0.1) is 19.2 Å². The van der Waals surface area contributed by atoms with E-state index in [1.807, 2.05) is 24.7 Å². The molecule has 0 radical (unpaired) electrons. The van der Waals surface area contributed by atoms with Crippen molar-refractivity contribution in [1.82, 2.24) is 19.1 Å². The molecule has 5 heteroatoms. The van der Waals surface area contributed by atoms with E-state index in [1.165, 1.54) is 22.6 Å². The highest BCUT2D eigenvalue weighted by Crippen LogP contribution is 2.35. The number of benzene rings is 1. The van der Waals surface area contributed by atoms with Crippen LogP contribution < -0.4 is 4.57 Å². The van der Waals surface area contributed by atoms with Crippen molar-refractivity contribution in [3.8, 4) is 17.1 Å². The molecule has 4 aromatic heterocycles. The Morgan fingerprint density at radius 1 is 1.00 bits per heavy atom. The Balaban J connectivity index is 1.83. The number of aromatic nitrogens is 5. The van der Waals surface area contributed by atoms with Crippen molar-refractivity contribution in [2.24, 2.45) is 7.05 Å². The Bertz CT molecular complexity index is 1310. The highest BCUT2D eigenvalue weighted by molar-refractivity contribution is 6.03. The lowest BCUT2D eigenvalue weighted by atomic mass is 10.2. The lowest BCUT2D eigenvalue weighted by molar-refractivity contribution is -0.648. The summed E-state index contributed by atoms with van der Waals surface area (Å²) in [7, 11) is 2.12. The normalized spacial score (nSPS) is 12.7. The van der Waals surface area contributed by atoms with Gasteiger partial charge in [0.25, 0.3) is 5.65 Å². The summed E-state index contributed by atoms with van der Waals surface area (Å²) in [6, 6.07) is 16.8. The van der Waals surface area contributed by atoms with Gasteiger partial charge in [-0.25, -0.2) is 14.1 Å². The van der Waals surface area contributed by atoms with E-state index in [0.29, 0.717) is 0 Å². The molecule has 0 spiro atoms. The number of pyridine rings is 2. The summed E-state index contributed by atoms with van der Waals surface area (Å²) < 4.78 is 6.97. The topological polar surface area (TPSA) is 39.5 Å². The van der Waals surface area contributed by atoms with Crippen molar-refractivity contribution < 1.29 is 4.57 Å². The fourth-order valence-electron chi connectivity index (χ4n) is 4.28. The van der Waals surface area contributed by atoms with Crippen LogP contribution in [0.3, 0.4) is 0 Å². The van der Waals surface area contributed by atoms with E-state index >= 15 is 0 Å². The first-order chi connectivity index (χ1) is 12.8. The fraction of sp³-hybridized carbons (Fsp3) is 0.0952. The second-order valence-electron chi connectivity index (χ2n) is 6.72. The minimum absolute atomic E-state index is 0.855. The van der Waals surface area contributed by atoms with Crippen LogP contribution in [-0.2, 0) is 13.6 Å². The number of aryl methyl sites for hydroxylation is 1. The monoisotopic (exact) mass is 338 g/mol. The van der Waals surface area contributed by atoms with Crippen LogP contribution in [0.5, 0.6) is 0 Å². The van der Waals surface area contributed by atoms with E-state index in [1.54, 1.807) is 0 Å². The first-order valence-corrected chi connectivity index (χ1v) is 8.71. The van der Waals surface area contributed by atoms with Gasteiger partial charge in [0.15, 0.2) is 0 Å². The summed E-state index contributed by atoms with van der Waals surface area (Å²) in [5, 5.41) is 0. The number of fused-ring (bicyclic) bond motifs is 7. The van der Waals surface area contributed by atoms with Crippen LogP contribution in [-0.4, -0.2) is 19.1 Å². The Labute approximate surface area is 149 Å². The first-order valence-electron chi connectivity index (χ1n) is 8.71. The standard InChI is InChI=1S/C21H16N5/c1-24-19-18-17(8-5-10-23-18)26(15-6-3-2-4-7-15)21(19)25-13-14-9-11-22-12-16(14)20(24)25/h2-12H,13H2,1H3/q+1. The molecule has 6 rings (SSSR count). The van der Waals surface area contributed by atoms with Crippen molar-refractivity contribution in [1.29, 1.82) is 0 Å². The van der Waals surface area contributed by atoms with Crippen molar-refractivity contribution >= 4 is 22.2 Å². The quantitative estimate of drug-likeness (QED) is 0.432. The van der Waals surface area contributed by atoms with Gasteiger partial charge in [0.1, 0.15) is 16.7 Å². The summed E-state index contributed by atoms with van der Waals surface area (Å²) in [5.41, 5.74) is 8.16. The zero-order chi connectivity index (χ0) is 17.3. The average Bonchev–Trinajstić information content (AvgIpc) is 3.31. The third-order valence-electron chi connectivity index (χ3n) is 5.33. The maximum atomic E-state index is 4.71. The van der Waals surface area contributed by atoms with Crippen molar-refractivity contribution in [3.05, 3.63) is 72.7 Å². The van der Waals surface area contributed by atoms with Gasteiger partial charge in [-0.3, -0.25) is 9.55 Å². The second kappa shape index (κ2) is 4.79. The molecule has 26 heavy (non-hydrogen) atoms. The smallest absolute Gasteiger partial charge is 0.264 e. The maximum absolute atomic E-state index is 4.71. The Hall–Kier alpha value is -3.47. The molecular formula is C21H16N5+. The zero-order valence-corrected chi connectivity index (χ0v) is 14.3. The molecule has 0 saturated heterocycles. The number of nitrogens with zero attached hydrogens (tertiary/aromatic N) is 5. The van der Waals surface area contributed by atoms with Gasteiger partial charge in [0, 0.05) is 24.2 Å². The van der Waals surface area contributed by atoms with Gasteiger partial charge in [0.2, 0.25) is 11.3 Å². The van der Waals surface area contributed by atoms with Gasteiger partial charge in [-0.15, -0.1) is 0 Å². The van der Waals surface area contributed by atoms with Crippen molar-refractivity contribution in [2.45, 2.75) is 6.54 Å². The van der Waals surface area contributed by atoms with Gasteiger partial charge in [-0.05, 0) is 30.3 Å². The van der Waals surface area contributed by atoms with E-state index in [2.05, 4.69) is 68.2 Å². The molecular weight excluding hydrogens is 322 g/mol. The highest BCUT2D eigenvalue weighted by Gasteiger charge is 2.36. The number of para-hydroxylation sites is 1. The summed E-state index contributed by atoms with van der Waals surface area (Å²) in [6.07, 6.45) is 5.71. The molecule has 5 aromatic rings. The molecule has 0 atom stereocenters. The average molecular weight is 338 g/mol. The lowest BCUT2D eigenvalue weighted by Crippen LogP contribution is -2.33. The van der Waals surface area contributed by atoms with Crippen LogP contribution in [0.4, 0.5) is 0 Å². The molecule has 0 bridgehead atoms. The molecule has 0 fully saturated rings. The van der Waals surface area contributed by atoms with Crippen LogP contribution in [0, 0.1) is 0 Å². The number of hydrogen-bond acceptors (Lipinski definition) is 2. The molecule has 1 aromatic carbocycles. The molecule has 1 aliphatic rings. The van der Waals surface area contributed by atoms with Crippen molar-refractivity contribution in [2.75, 3.05) is 0 Å². The predicted octanol–water partition coefficient (Wildman–Crippen LogP) is 3.23. The molecule has 0 aliphatic carbocycles. The van der Waals surface area contributed by atoms with Gasteiger partial charge in [-0.2, -0.15) is 0 Å². The predicted molar refractivity (Wildman–Crippen MR) is 100 cm³/mol. The SMILES string of the molecule is Cn1c2[n+](c3c1c1ncccc1n3-c1ccccc1)Cc1ccncc1-2. The van der Waals surface area contributed by atoms with Crippen LogP contribution >= 0.6 is 0 Å². The summed E-state index contributed by atoms with van der Waals surface area (Å²) in [4.78, 5) is 9.06. The van der Waals surface area contributed by atoms with E-state index in [-0.39, 0.29) is 0 Å². The van der Waals surface area contributed by atoms with E-state index < -0.39 is 0 Å².